The Morgan fingerprint density at radius 1 is 0.974 bits per heavy atom. The molecule has 192 valence electrons. The van der Waals surface area contributed by atoms with Gasteiger partial charge in [0.05, 0.1) is 17.8 Å². The highest BCUT2D eigenvalue weighted by Gasteiger charge is 2.32. The molecule has 38 heavy (non-hydrogen) atoms. The Balaban J connectivity index is 1.30. The van der Waals surface area contributed by atoms with Gasteiger partial charge in [-0.15, -0.1) is 0 Å². The van der Waals surface area contributed by atoms with Gasteiger partial charge in [0.1, 0.15) is 11.7 Å². The first-order chi connectivity index (χ1) is 18.4. The maximum absolute atomic E-state index is 13.2. The van der Waals surface area contributed by atoms with Gasteiger partial charge in [-0.05, 0) is 71.1 Å². The fourth-order valence-electron chi connectivity index (χ4n) is 4.77. The summed E-state index contributed by atoms with van der Waals surface area (Å²) in [5.74, 6) is 0.311. The Kier molecular flexibility index (Phi) is 7.33. The number of hydrogen-bond acceptors (Lipinski definition) is 3. The van der Waals surface area contributed by atoms with Crippen molar-refractivity contribution in [3.05, 3.63) is 125 Å². The van der Waals surface area contributed by atoms with E-state index in [2.05, 4.69) is 5.32 Å². The molecule has 0 aromatic heterocycles. The van der Waals surface area contributed by atoms with Gasteiger partial charge in [0.25, 0.3) is 5.91 Å². The molecule has 1 aliphatic carbocycles. The second-order valence-electron chi connectivity index (χ2n) is 9.69. The third-order valence-corrected chi connectivity index (χ3v) is 7.00. The number of nitrogens with zero attached hydrogens (tertiary/aromatic N) is 2. The van der Waals surface area contributed by atoms with Crippen LogP contribution in [-0.2, 0) is 13.0 Å². The van der Waals surface area contributed by atoms with Crippen LogP contribution in [0.5, 0.6) is 0 Å². The molecular formula is C32H30FN3O2. The number of amidine groups is 1. The van der Waals surface area contributed by atoms with Gasteiger partial charge >= 0.3 is 0 Å². The maximum atomic E-state index is 13.2. The molecule has 2 atom stereocenters. The van der Waals surface area contributed by atoms with Crippen molar-refractivity contribution in [1.82, 2.24) is 10.2 Å². The number of aliphatic imine (C=N–C) groups is 1. The van der Waals surface area contributed by atoms with E-state index < -0.39 is 12.1 Å². The zero-order chi connectivity index (χ0) is 26.6. The third kappa shape index (κ3) is 5.66. The fourth-order valence-corrected chi connectivity index (χ4v) is 4.77. The summed E-state index contributed by atoms with van der Waals surface area (Å²) < 4.78 is 13.2. The Morgan fingerprint density at radius 2 is 1.66 bits per heavy atom. The van der Waals surface area contributed by atoms with Crippen LogP contribution in [0.2, 0.25) is 0 Å². The minimum absolute atomic E-state index is 0.231. The second-order valence-corrected chi connectivity index (χ2v) is 9.69. The SMILES string of the molecule is CC(=Nc1ccc2c(c1)C(NC(=O)c1ccc(-c3ccccc3)cc1)[C@H](O)C2)N(C)Cc1ccc(F)cc1. The average molecular weight is 508 g/mol. The molecule has 0 radical (unpaired) electrons. The summed E-state index contributed by atoms with van der Waals surface area (Å²) in [6, 6.07) is 29.2. The minimum atomic E-state index is -0.709. The molecule has 6 heteroatoms. The number of amides is 1. The zero-order valence-corrected chi connectivity index (χ0v) is 21.4. The first kappa shape index (κ1) is 25.4. The average Bonchev–Trinajstić information content (AvgIpc) is 3.24. The van der Waals surface area contributed by atoms with E-state index in [0.717, 1.165) is 39.3 Å². The van der Waals surface area contributed by atoms with Crippen molar-refractivity contribution >= 4 is 17.4 Å². The number of carbonyl (C=O) groups is 1. The molecule has 2 N–H and O–H groups in total. The summed E-state index contributed by atoms with van der Waals surface area (Å²) in [5.41, 5.74) is 6.27. The number of hydrogen-bond donors (Lipinski definition) is 2. The highest BCUT2D eigenvalue weighted by atomic mass is 19.1. The first-order valence-electron chi connectivity index (χ1n) is 12.7. The van der Waals surface area contributed by atoms with Gasteiger partial charge in [0.2, 0.25) is 0 Å². The third-order valence-electron chi connectivity index (χ3n) is 7.00. The summed E-state index contributed by atoms with van der Waals surface area (Å²) in [6.45, 7) is 2.52. The Labute approximate surface area is 222 Å². The lowest BCUT2D eigenvalue weighted by Gasteiger charge is -2.20. The molecule has 1 unspecified atom stereocenters. The standard InChI is InChI=1S/C32H30FN3O2/c1-21(36(2)20-22-8-15-27(33)16-9-22)34-28-17-14-26-18-30(37)31(29(26)19-28)35-32(38)25-12-10-24(11-13-25)23-6-4-3-5-7-23/h3-17,19,30-31,37H,18,20H2,1-2H3,(H,35,38)/t30-,31?/m1/s1. The lowest BCUT2D eigenvalue weighted by Crippen LogP contribution is -2.33. The molecule has 5 rings (SSSR count). The van der Waals surface area contributed by atoms with Crippen molar-refractivity contribution < 1.29 is 14.3 Å². The van der Waals surface area contributed by atoms with Crippen LogP contribution in [-0.4, -0.2) is 34.9 Å². The van der Waals surface area contributed by atoms with E-state index in [1.807, 2.05) is 79.5 Å². The predicted molar refractivity (Wildman–Crippen MR) is 149 cm³/mol. The highest BCUT2D eigenvalue weighted by Crippen LogP contribution is 2.35. The van der Waals surface area contributed by atoms with E-state index in [4.69, 9.17) is 4.99 Å². The molecule has 1 aliphatic rings. The number of aliphatic hydroxyl groups is 1. The number of benzene rings is 4. The minimum Gasteiger partial charge on any atom is -0.390 e. The molecule has 4 aromatic rings. The van der Waals surface area contributed by atoms with Crippen LogP contribution >= 0.6 is 0 Å². The van der Waals surface area contributed by atoms with Gasteiger partial charge in [-0.2, -0.15) is 0 Å². The fraction of sp³-hybridized carbons (Fsp3) is 0.188. The van der Waals surface area contributed by atoms with Crippen molar-refractivity contribution in [2.45, 2.75) is 32.0 Å². The molecule has 0 fully saturated rings. The number of nitrogens with one attached hydrogen (secondary N) is 1. The zero-order valence-electron chi connectivity index (χ0n) is 21.4. The van der Waals surface area contributed by atoms with Gasteiger partial charge in [0.15, 0.2) is 0 Å². The molecule has 0 aliphatic heterocycles. The first-order valence-corrected chi connectivity index (χ1v) is 12.7. The topological polar surface area (TPSA) is 64.9 Å². The predicted octanol–water partition coefficient (Wildman–Crippen LogP) is 6.06. The van der Waals surface area contributed by atoms with Crippen molar-refractivity contribution in [1.29, 1.82) is 0 Å². The summed E-state index contributed by atoms with van der Waals surface area (Å²) in [5, 5.41) is 13.8. The van der Waals surface area contributed by atoms with Gasteiger partial charge in [-0.3, -0.25) is 4.79 Å². The molecule has 0 heterocycles. The van der Waals surface area contributed by atoms with Crippen LogP contribution < -0.4 is 5.32 Å². The van der Waals surface area contributed by atoms with Crippen molar-refractivity contribution in [2.75, 3.05) is 7.05 Å². The van der Waals surface area contributed by atoms with Gasteiger partial charge < -0.3 is 15.3 Å². The summed E-state index contributed by atoms with van der Waals surface area (Å²) in [6.07, 6.45) is -0.236. The quantitative estimate of drug-likeness (QED) is 0.246. The number of halogens is 1. The highest BCUT2D eigenvalue weighted by molar-refractivity contribution is 5.95. The van der Waals surface area contributed by atoms with E-state index in [1.165, 1.54) is 12.1 Å². The maximum Gasteiger partial charge on any atom is 0.251 e. The van der Waals surface area contributed by atoms with Crippen LogP contribution in [0.4, 0.5) is 10.1 Å². The largest absolute Gasteiger partial charge is 0.390 e. The van der Waals surface area contributed by atoms with E-state index >= 15 is 0 Å². The lowest BCUT2D eigenvalue weighted by molar-refractivity contribution is 0.0858. The van der Waals surface area contributed by atoms with Gasteiger partial charge in [0, 0.05) is 25.6 Å². The lowest BCUT2D eigenvalue weighted by atomic mass is 10.0. The van der Waals surface area contributed by atoms with Crippen LogP contribution in [0.1, 0.15) is 40.0 Å². The number of fused-ring (bicyclic) bond motifs is 1. The van der Waals surface area contributed by atoms with E-state index in [9.17, 15) is 14.3 Å². The van der Waals surface area contributed by atoms with Crippen molar-refractivity contribution in [3.63, 3.8) is 0 Å². The van der Waals surface area contributed by atoms with E-state index in [0.29, 0.717) is 18.5 Å². The molecule has 0 spiro atoms. The molecule has 4 aromatic carbocycles. The monoisotopic (exact) mass is 507 g/mol. The van der Waals surface area contributed by atoms with Crippen molar-refractivity contribution in [2.24, 2.45) is 4.99 Å². The smallest absolute Gasteiger partial charge is 0.251 e. The molecule has 1 amide bonds. The number of rotatable bonds is 6. The van der Waals surface area contributed by atoms with E-state index in [-0.39, 0.29) is 11.7 Å². The Hall–Kier alpha value is -4.29. The summed E-state index contributed by atoms with van der Waals surface area (Å²) >= 11 is 0. The van der Waals surface area contributed by atoms with Crippen molar-refractivity contribution in [3.8, 4) is 11.1 Å². The van der Waals surface area contributed by atoms with Gasteiger partial charge in [-0.25, -0.2) is 9.38 Å². The molecule has 5 nitrogen and oxygen atoms in total. The van der Waals surface area contributed by atoms with Crippen LogP contribution in [0, 0.1) is 5.82 Å². The number of aliphatic hydroxyl groups excluding tert-OH is 1. The summed E-state index contributed by atoms with van der Waals surface area (Å²) in [7, 11) is 1.94. The molecular weight excluding hydrogens is 477 g/mol. The van der Waals surface area contributed by atoms with Crippen LogP contribution in [0.25, 0.3) is 11.1 Å². The Bertz CT molecular complexity index is 1450. The second kappa shape index (κ2) is 11.0. The molecule has 0 bridgehead atoms. The normalized spacial score (nSPS) is 16.7. The van der Waals surface area contributed by atoms with Crippen LogP contribution in [0.3, 0.4) is 0 Å². The van der Waals surface area contributed by atoms with Gasteiger partial charge in [-0.1, -0.05) is 60.7 Å². The summed E-state index contributed by atoms with van der Waals surface area (Å²) in [4.78, 5) is 19.8. The Morgan fingerprint density at radius 3 is 2.37 bits per heavy atom. The van der Waals surface area contributed by atoms with Crippen LogP contribution in [0.15, 0.2) is 102 Å². The molecule has 0 saturated heterocycles. The number of carbonyl (C=O) groups excluding carboxylic acids is 1. The van der Waals surface area contributed by atoms with E-state index in [1.54, 1.807) is 24.3 Å². The molecule has 0 saturated carbocycles.